The van der Waals surface area contributed by atoms with Gasteiger partial charge in [0.15, 0.2) is 0 Å². The predicted molar refractivity (Wildman–Crippen MR) is 89.7 cm³/mol. The molecular formula is C16H21ClN2S. The number of thioether (sulfide) groups is 1. The first-order chi connectivity index (χ1) is 9.74. The third kappa shape index (κ3) is 2.72. The topological polar surface area (TPSA) is 27.8 Å². The number of aromatic nitrogens is 1. The number of aromatic amines is 1. The Bertz CT molecular complexity index is 587. The average molecular weight is 309 g/mol. The number of halogens is 1. The zero-order valence-corrected chi connectivity index (χ0v) is 13.4. The molecule has 0 saturated heterocycles. The van der Waals surface area contributed by atoms with Crippen LogP contribution in [0.25, 0.3) is 10.9 Å². The lowest BCUT2D eigenvalue weighted by Gasteiger charge is -2.27. The van der Waals surface area contributed by atoms with Crippen LogP contribution in [0.15, 0.2) is 24.3 Å². The molecule has 0 unspecified atom stereocenters. The average Bonchev–Trinajstić information content (AvgIpc) is 3.06. The lowest BCUT2D eigenvalue weighted by atomic mass is 10.1. The molecule has 0 spiro atoms. The molecule has 0 radical (unpaired) electrons. The van der Waals surface area contributed by atoms with Crippen LogP contribution in [-0.2, 0) is 6.54 Å². The molecule has 0 amide bonds. The molecule has 1 heterocycles. The summed E-state index contributed by atoms with van der Waals surface area (Å²) in [4.78, 5) is 3.42. The predicted octanol–water partition coefficient (Wildman–Crippen LogP) is 4.59. The van der Waals surface area contributed by atoms with Gasteiger partial charge in [0.1, 0.15) is 0 Å². The second-order valence-electron chi connectivity index (χ2n) is 5.66. The van der Waals surface area contributed by atoms with Crippen molar-refractivity contribution in [1.82, 2.24) is 10.3 Å². The minimum Gasteiger partial charge on any atom is -0.356 e. The summed E-state index contributed by atoms with van der Waals surface area (Å²) in [5.41, 5.74) is 2.22. The molecule has 2 nitrogen and oxygen atoms in total. The van der Waals surface area contributed by atoms with Crippen molar-refractivity contribution in [3.8, 4) is 0 Å². The first-order valence-electron chi connectivity index (χ1n) is 7.25. The van der Waals surface area contributed by atoms with E-state index in [2.05, 4.69) is 28.7 Å². The fourth-order valence-corrected chi connectivity index (χ4v) is 4.40. The van der Waals surface area contributed by atoms with Gasteiger partial charge in [0.2, 0.25) is 0 Å². The van der Waals surface area contributed by atoms with E-state index in [1.54, 1.807) is 0 Å². The molecule has 1 aliphatic carbocycles. The Morgan fingerprint density at radius 1 is 1.30 bits per heavy atom. The van der Waals surface area contributed by atoms with Gasteiger partial charge in [0, 0.05) is 34.4 Å². The van der Waals surface area contributed by atoms with Gasteiger partial charge >= 0.3 is 0 Å². The number of para-hydroxylation sites is 1. The van der Waals surface area contributed by atoms with Crippen molar-refractivity contribution in [3.63, 3.8) is 0 Å². The molecule has 20 heavy (non-hydrogen) atoms. The second kappa shape index (κ2) is 6.00. The molecule has 1 aromatic carbocycles. The third-order valence-corrected chi connectivity index (χ3v) is 6.26. The van der Waals surface area contributed by atoms with Gasteiger partial charge in [-0.3, -0.25) is 0 Å². The highest BCUT2D eigenvalue weighted by molar-refractivity contribution is 8.00. The first-order valence-corrected chi connectivity index (χ1v) is 8.85. The number of rotatable bonds is 5. The smallest absolute Gasteiger partial charge is 0.0705 e. The van der Waals surface area contributed by atoms with Crippen LogP contribution in [0.3, 0.4) is 0 Å². The van der Waals surface area contributed by atoms with Crippen molar-refractivity contribution in [1.29, 1.82) is 0 Å². The summed E-state index contributed by atoms with van der Waals surface area (Å²) in [5.74, 6) is 0. The summed E-state index contributed by atoms with van der Waals surface area (Å²) in [6.07, 6.45) is 7.65. The molecule has 108 valence electrons. The largest absolute Gasteiger partial charge is 0.356 e. The summed E-state index contributed by atoms with van der Waals surface area (Å²) in [6, 6.07) is 8.21. The molecule has 1 aliphatic rings. The van der Waals surface area contributed by atoms with E-state index in [0.29, 0.717) is 4.75 Å². The Labute approximate surface area is 129 Å². The zero-order valence-electron chi connectivity index (χ0n) is 11.8. The van der Waals surface area contributed by atoms with E-state index in [9.17, 15) is 0 Å². The molecule has 1 fully saturated rings. The van der Waals surface area contributed by atoms with E-state index in [1.807, 2.05) is 23.9 Å². The van der Waals surface area contributed by atoms with Gasteiger partial charge in [0.05, 0.1) is 5.02 Å². The molecular weight excluding hydrogens is 288 g/mol. The van der Waals surface area contributed by atoms with Crippen LogP contribution in [0.5, 0.6) is 0 Å². The Kier molecular flexibility index (Phi) is 4.29. The van der Waals surface area contributed by atoms with E-state index in [0.717, 1.165) is 34.7 Å². The first kappa shape index (κ1) is 14.3. The Morgan fingerprint density at radius 2 is 2.05 bits per heavy atom. The zero-order chi connectivity index (χ0) is 14.0. The van der Waals surface area contributed by atoms with Gasteiger partial charge in [-0.05, 0) is 25.2 Å². The Hall–Kier alpha value is -0.640. The number of benzene rings is 1. The fourth-order valence-electron chi connectivity index (χ4n) is 3.17. The summed E-state index contributed by atoms with van der Waals surface area (Å²) in [5, 5.41) is 5.58. The number of H-pyrrole nitrogens is 1. The summed E-state index contributed by atoms with van der Waals surface area (Å²) < 4.78 is 0.443. The van der Waals surface area contributed by atoms with Crippen molar-refractivity contribution >= 4 is 34.3 Å². The van der Waals surface area contributed by atoms with Crippen molar-refractivity contribution in [2.24, 2.45) is 0 Å². The minimum absolute atomic E-state index is 0.443. The maximum Gasteiger partial charge on any atom is 0.0705 e. The van der Waals surface area contributed by atoms with Crippen molar-refractivity contribution in [2.75, 3.05) is 12.8 Å². The fraction of sp³-hybridized carbons (Fsp3) is 0.500. The lowest BCUT2D eigenvalue weighted by molar-refractivity contribution is 0.531. The van der Waals surface area contributed by atoms with Crippen LogP contribution in [0, 0.1) is 0 Å². The maximum absolute atomic E-state index is 6.44. The summed E-state index contributed by atoms with van der Waals surface area (Å²) >= 11 is 8.46. The molecule has 4 heteroatoms. The van der Waals surface area contributed by atoms with Crippen LogP contribution >= 0.6 is 23.4 Å². The summed E-state index contributed by atoms with van der Waals surface area (Å²) in [6.45, 7) is 1.88. The van der Waals surface area contributed by atoms with E-state index in [4.69, 9.17) is 11.6 Å². The van der Waals surface area contributed by atoms with Crippen LogP contribution in [0.1, 0.15) is 31.4 Å². The highest BCUT2D eigenvalue weighted by Gasteiger charge is 2.32. The van der Waals surface area contributed by atoms with Crippen molar-refractivity contribution in [3.05, 3.63) is 35.0 Å². The van der Waals surface area contributed by atoms with E-state index in [1.165, 1.54) is 25.7 Å². The molecule has 3 rings (SSSR count). The highest BCUT2D eigenvalue weighted by atomic mass is 35.5. The van der Waals surface area contributed by atoms with Crippen molar-refractivity contribution < 1.29 is 0 Å². The monoisotopic (exact) mass is 308 g/mol. The van der Waals surface area contributed by atoms with Gasteiger partial charge in [-0.15, -0.1) is 0 Å². The SMILES string of the molecule is CSC1(CNCc2[nH]c3ccccc3c2Cl)CCCC1. The molecule has 0 bridgehead atoms. The second-order valence-corrected chi connectivity index (χ2v) is 7.31. The van der Waals surface area contributed by atoms with E-state index in [-0.39, 0.29) is 0 Å². The van der Waals surface area contributed by atoms with Gasteiger partial charge in [0.25, 0.3) is 0 Å². The van der Waals surface area contributed by atoms with Crippen LogP contribution in [-0.4, -0.2) is 22.5 Å². The minimum atomic E-state index is 0.443. The third-order valence-electron chi connectivity index (χ3n) is 4.41. The number of hydrogen-bond acceptors (Lipinski definition) is 2. The van der Waals surface area contributed by atoms with E-state index < -0.39 is 0 Å². The molecule has 0 aliphatic heterocycles. The normalized spacial score (nSPS) is 17.9. The number of nitrogens with one attached hydrogen (secondary N) is 2. The molecule has 1 saturated carbocycles. The molecule has 2 N–H and O–H groups in total. The van der Waals surface area contributed by atoms with Gasteiger partial charge < -0.3 is 10.3 Å². The molecule has 2 aromatic rings. The number of fused-ring (bicyclic) bond motifs is 1. The molecule has 1 aromatic heterocycles. The molecule has 0 atom stereocenters. The van der Waals surface area contributed by atoms with Crippen molar-refractivity contribution in [2.45, 2.75) is 37.0 Å². The quantitative estimate of drug-likeness (QED) is 0.845. The maximum atomic E-state index is 6.44. The van der Waals surface area contributed by atoms with Crippen LogP contribution in [0.2, 0.25) is 5.02 Å². The van der Waals surface area contributed by atoms with E-state index >= 15 is 0 Å². The summed E-state index contributed by atoms with van der Waals surface area (Å²) in [7, 11) is 0. The van der Waals surface area contributed by atoms with Gasteiger partial charge in [-0.1, -0.05) is 42.6 Å². The Balaban J connectivity index is 1.66. The lowest BCUT2D eigenvalue weighted by Crippen LogP contribution is -2.34. The highest BCUT2D eigenvalue weighted by Crippen LogP contribution is 2.39. The van der Waals surface area contributed by atoms with Crippen LogP contribution < -0.4 is 5.32 Å². The van der Waals surface area contributed by atoms with Gasteiger partial charge in [-0.2, -0.15) is 11.8 Å². The number of hydrogen-bond donors (Lipinski definition) is 2. The van der Waals surface area contributed by atoms with Gasteiger partial charge in [-0.25, -0.2) is 0 Å². The standard InChI is InChI=1S/C16H21ClN2S/c1-20-16(8-4-5-9-16)11-18-10-14-15(17)12-6-2-3-7-13(12)19-14/h2-3,6-7,18-19H,4-5,8-11H2,1H3. The van der Waals surface area contributed by atoms with Crippen LogP contribution in [0.4, 0.5) is 0 Å². The Morgan fingerprint density at radius 3 is 2.75 bits per heavy atom.